The van der Waals surface area contributed by atoms with Crippen LogP contribution in [0, 0.1) is 11.8 Å². The number of carbonyl (C=O) groups is 1. The summed E-state index contributed by atoms with van der Waals surface area (Å²) in [6.45, 7) is 5.31. The normalized spacial score (nSPS) is 28.9. The number of ketones is 1. The maximum Gasteiger partial charge on any atom is 0.137 e. The van der Waals surface area contributed by atoms with Crippen molar-refractivity contribution in [1.82, 2.24) is 9.88 Å². The van der Waals surface area contributed by atoms with Gasteiger partial charge in [0.1, 0.15) is 5.78 Å². The number of fused-ring (bicyclic) bond motifs is 2. The highest BCUT2D eigenvalue weighted by Gasteiger charge is 2.49. The number of likely N-dealkylation sites (tertiary alicyclic amines) is 1. The molecule has 1 saturated heterocycles. The fraction of sp³-hybridized carbons (Fsp3) is 0.591. The Hall–Kier alpha value is -1.17. The van der Waals surface area contributed by atoms with Crippen molar-refractivity contribution in [2.75, 3.05) is 20.2 Å². The zero-order valence-electron chi connectivity index (χ0n) is 16.4. The van der Waals surface area contributed by atoms with Gasteiger partial charge in [0.05, 0.1) is 4.60 Å². The summed E-state index contributed by atoms with van der Waals surface area (Å²) in [5.74, 6) is 0.446. The Labute approximate surface area is 169 Å². The van der Waals surface area contributed by atoms with E-state index >= 15 is 0 Å². The number of aliphatic hydroxyl groups is 1. The molecule has 4 atom stereocenters. The SMILES string of the molecule is CCC(CO)CC(=O)C1CN(C)C2Cc3c(Br)[nH]c4cccc(c34)C2(C)C1. The fourth-order valence-electron chi connectivity index (χ4n) is 5.50. The summed E-state index contributed by atoms with van der Waals surface area (Å²) in [6, 6.07) is 6.91. The number of aromatic amines is 1. The van der Waals surface area contributed by atoms with Crippen LogP contribution >= 0.6 is 15.9 Å². The van der Waals surface area contributed by atoms with E-state index in [1.807, 2.05) is 6.92 Å². The summed E-state index contributed by atoms with van der Waals surface area (Å²) in [5.41, 5.74) is 3.87. The lowest BCUT2D eigenvalue weighted by molar-refractivity contribution is -0.127. The van der Waals surface area contributed by atoms with Gasteiger partial charge < -0.3 is 15.0 Å². The van der Waals surface area contributed by atoms with Gasteiger partial charge in [-0.15, -0.1) is 0 Å². The molecular weight excluding hydrogens is 404 g/mol. The highest BCUT2D eigenvalue weighted by atomic mass is 79.9. The van der Waals surface area contributed by atoms with Crippen LogP contribution in [0.4, 0.5) is 0 Å². The molecule has 0 spiro atoms. The van der Waals surface area contributed by atoms with Crippen LogP contribution in [-0.4, -0.2) is 47.0 Å². The molecule has 0 radical (unpaired) electrons. The van der Waals surface area contributed by atoms with Gasteiger partial charge in [-0.2, -0.15) is 0 Å². The number of aliphatic hydroxyl groups excluding tert-OH is 1. The van der Waals surface area contributed by atoms with E-state index < -0.39 is 0 Å². The van der Waals surface area contributed by atoms with Gasteiger partial charge in [-0.1, -0.05) is 32.4 Å². The number of nitrogens with zero attached hydrogens (tertiary/aromatic N) is 1. The highest BCUT2D eigenvalue weighted by Crippen LogP contribution is 2.50. The number of carbonyl (C=O) groups excluding carboxylic acids is 1. The van der Waals surface area contributed by atoms with Crippen LogP contribution in [0.15, 0.2) is 22.8 Å². The monoisotopic (exact) mass is 432 g/mol. The smallest absolute Gasteiger partial charge is 0.137 e. The van der Waals surface area contributed by atoms with E-state index in [0.717, 1.165) is 30.4 Å². The quantitative estimate of drug-likeness (QED) is 0.749. The molecule has 0 saturated carbocycles. The second-order valence-electron chi connectivity index (χ2n) is 8.75. The van der Waals surface area contributed by atoms with Crippen molar-refractivity contribution in [3.05, 3.63) is 33.9 Å². The Morgan fingerprint density at radius 3 is 2.96 bits per heavy atom. The maximum atomic E-state index is 13.0. The van der Waals surface area contributed by atoms with Gasteiger partial charge in [-0.3, -0.25) is 4.79 Å². The average Bonchev–Trinajstić information content (AvgIpc) is 2.97. The minimum atomic E-state index is -0.0393. The fourth-order valence-corrected chi connectivity index (χ4v) is 6.07. The Morgan fingerprint density at radius 1 is 1.48 bits per heavy atom. The number of likely N-dealkylation sites (N-methyl/N-ethyl adjacent to an activating group) is 1. The average molecular weight is 433 g/mol. The molecule has 5 heteroatoms. The van der Waals surface area contributed by atoms with Crippen LogP contribution in [-0.2, 0) is 16.6 Å². The van der Waals surface area contributed by atoms with Gasteiger partial charge >= 0.3 is 0 Å². The van der Waals surface area contributed by atoms with Gasteiger partial charge in [-0.25, -0.2) is 0 Å². The molecule has 0 amide bonds. The first-order chi connectivity index (χ1) is 12.9. The zero-order valence-corrected chi connectivity index (χ0v) is 18.0. The second-order valence-corrected chi connectivity index (χ2v) is 9.54. The minimum Gasteiger partial charge on any atom is -0.396 e. The van der Waals surface area contributed by atoms with Crippen molar-refractivity contribution in [3.8, 4) is 0 Å². The lowest BCUT2D eigenvalue weighted by Gasteiger charge is -2.52. The number of Topliss-reactive ketones (excluding diaryl/α,β-unsaturated/α-hetero) is 1. The third-order valence-electron chi connectivity index (χ3n) is 7.12. The second kappa shape index (κ2) is 7.02. The molecule has 4 rings (SSSR count). The number of aromatic nitrogens is 1. The molecule has 2 heterocycles. The molecule has 1 aliphatic heterocycles. The Morgan fingerprint density at radius 2 is 2.26 bits per heavy atom. The summed E-state index contributed by atoms with van der Waals surface area (Å²) < 4.78 is 1.09. The lowest BCUT2D eigenvalue weighted by atomic mass is 9.61. The molecule has 1 aromatic heterocycles. The third-order valence-corrected chi connectivity index (χ3v) is 7.79. The van der Waals surface area contributed by atoms with Crippen molar-refractivity contribution >= 4 is 32.6 Å². The molecule has 1 aliphatic carbocycles. The Kier molecular flexibility index (Phi) is 4.98. The van der Waals surface area contributed by atoms with E-state index in [1.54, 1.807) is 0 Å². The van der Waals surface area contributed by atoms with Gasteiger partial charge in [0.15, 0.2) is 0 Å². The largest absolute Gasteiger partial charge is 0.396 e. The van der Waals surface area contributed by atoms with Crippen LogP contribution in [0.5, 0.6) is 0 Å². The van der Waals surface area contributed by atoms with Gasteiger partial charge in [0.2, 0.25) is 0 Å². The summed E-state index contributed by atoms with van der Waals surface area (Å²) in [7, 11) is 2.16. The summed E-state index contributed by atoms with van der Waals surface area (Å²) >= 11 is 3.72. The number of nitrogens with one attached hydrogen (secondary N) is 1. The minimum absolute atomic E-state index is 0.0380. The highest BCUT2D eigenvalue weighted by molar-refractivity contribution is 9.10. The van der Waals surface area contributed by atoms with E-state index in [2.05, 4.69) is 58.0 Å². The maximum absolute atomic E-state index is 13.0. The topological polar surface area (TPSA) is 56.3 Å². The number of benzene rings is 1. The molecule has 1 aromatic carbocycles. The summed E-state index contributed by atoms with van der Waals surface area (Å²) in [5, 5.41) is 10.8. The summed E-state index contributed by atoms with van der Waals surface area (Å²) in [6.07, 6.45) is 3.24. The van der Waals surface area contributed by atoms with Crippen molar-refractivity contribution < 1.29 is 9.90 Å². The van der Waals surface area contributed by atoms with Crippen LogP contribution in [0.2, 0.25) is 0 Å². The van der Waals surface area contributed by atoms with Gasteiger partial charge in [-0.05, 0) is 58.9 Å². The van der Waals surface area contributed by atoms with Crippen LogP contribution in [0.1, 0.15) is 44.2 Å². The predicted molar refractivity (Wildman–Crippen MR) is 112 cm³/mol. The first kappa shape index (κ1) is 19.2. The van der Waals surface area contributed by atoms with Gasteiger partial charge in [0.25, 0.3) is 0 Å². The Balaban J connectivity index is 1.71. The Bertz CT molecular complexity index is 873. The predicted octanol–water partition coefficient (Wildman–Crippen LogP) is 4.04. The van der Waals surface area contributed by atoms with Gasteiger partial charge in [0, 0.05) is 47.9 Å². The first-order valence-corrected chi connectivity index (χ1v) is 10.8. The van der Waals surface area contributed by atoms with E-state index in [9.17, 15) is 9.90 Å². The molecule has 0 bridgehead atoms. The standard InChI is InChI=1S/C22H29BrN2O2/c1-4-13(12-26)8-18(27)14-10-22(2)16-6-5-7-17-20(16)15(21(23)24-17)9-19(22)25(3)11-14/h5-7,13-14,19,24,26H,4,8-12H2,1-3H3. The third kappa shape index (κ3) is 2.99. The summed E-state index contributed by atoms with van der Waals surface area (Å²) in [4.78, 5) is 18.9. The molecule has 146 valence electrons. The van der Waals surface area contributed by atoms with Crippen LogP contribution in [0.25, 0.3) is 10.9 Å². The first-order valence-electron chi connectivity index (χ1n) is 10.0. The van der Waals surface area contributed by atoms with E-state index in [1.165, 1.54) is 22.0 Å². The molecule has 4 nitrogen and oxygen atoms in total. The lowest BCUT2D eigenvalue weighted by Crippen LogP contribution is -2.58. The molecule has 4 unspecified atom stereocenters. The number of rotatable bonds is 5. The van der Waals surface area contributed by atoms with Crippen molar-refractivity contribution in [2.45, 2.75) is 51.0 Å². The number of hydrogen-bond acceptors (Lipinski definition) is 3. The number of hydrogen-bond donors (Lipinski definition) is 2. The van der Waals surface area contributed by atoms with E-state index in [0.29, 0.717) is 18.2 Å². The number of piperidine rings is 1. The molecule has 2 N–H and O–H groups in total. The molecule has 2 aliphatic rings. The molecular formula is C22H29BrN2O2. The molecule has 27 heavy (non-hydrogen) atoms. The number of halogens is 1. The van der Waals surface area contributed by atoms with E-state index in [4.69, 9.17) is 0 Å². The molecule has 2 aromatic rings. The molecule has 1 fully saturated rings. The van der Waals surface area contributed by atoms with Crippen LogP contribution in [0.3, 0.4) is 0 Å². The van der Waals surface area contributed by atoms with Crippen molar-refractivity contribution in [2.24, 2.45) is 11.8 Å². The van der Waals surface area contributed by atoms with Crippen LogP contribution < -0.4 is 0 Å². The van der Waals surface area contributed by atoms with E-state index in [-0.39, 0.29) is 23.9 Å². The number of H-pyrrole nitrogens is 1. The van der Waals surface area contributed by atoms with Crippen molar-refractivity contribution in [1.29, 1.82) is 0 Å². The van der Waals surface area contributed by atoms with Crippen molar-refractivity contribution in [3.63, 3.8) is 0 Å². The zero-order chi connectivity index (χ0) is 19.3.